The lowest BCUT2D eigenvalue weighted by atomic mass is 9.99. The molecule has 1 fully saturated rings. The van der Waals surface area contributed by atoms with E-state index in [1.54, 1.807) is 36.4 Å². The monoisotopic (exact) mass is 488 g/mol. The zero-order valence-corrected chi connectivity index (χ0v) is 19.7. The summed E-state index contributed by atoms with van der Waals surface area (Å²) in [6, 6.07) is 19.4. The zero-order valence-electron chi connectivity index (χ0n) is 19.7. The minimum atomic E-state index is -0.987. The molecular weight excluding hydrogens is 460 g/mol. The molecule has 8 heteroatoms. The van der Waals surface area contributed by atoms with Crippen LogP contribution in [0.2, 0.25) is 0 Å². The molecule has 0 aliphatic carbocycles. The molecule has 1 heterocycles. The molecule has 2 amide bonds. The van der Waals surface area contributed by atoms with Gasteiger partial charge in [-0.15, -0.1) is 0 Å². The predicted molar refractivity (Wildman–Crippen MR) is 135 cm³/mol. The van der Waals surface area contributed by atoms with Gasteiger partial charge in [-0.3, -0.25) is 14.4 Å². The van der Waals surface area contributed by atoms with E-state index < -0.39 is 17.8 Å². The second-order valence-electron chi connectivity index (χ2n) is 8.72. The second kappa shape index (κ2) is 11.5. The molecular formula is C28H28N2O6. The van der Waals surface area contributed by atoms with Crippen LogP contribution in [0.5, 0.6) is 5.75 Å². The summed E-state index contributed by atoms with van der Waals surface area (Å²) in [7, 11) is 0. The third-order valence-corrected chi connectivity index (χ3v) is 5.87. The van der Waals surface area contributed by atoms with Crippen LogP contribution in [0.25, 0.3) is 11.1 Å². The molecule has 0 bridgehead atoms. The van der Waals surface area contributed by atoms with E-state index in [1.807, 2.05) is 30.3 Å². The van der Waals surface area contributed by atoms with Crippen molar-refractivity contribution in [3.05, 3.63) is 83.4 Å². The minimum absolute atomic E-state index is 0.00715. The molecule has 1 saturated heterocycles. The third-order valence-electron chi connectivity index (χ3n) is 5.87. The molecule has 0 spiro atoms. The van der Waals surface area contributed by atoms with Gasteiger partial charge in [-0.1, -0.05) is 42.5 Å². The van der Waals surface area contributed by atoms with Crippen molar-refractivity contribution in [3.8, 4) is 16.9 Å². The van der Waals surface area contributed by atoms with Crippen molar-refractivity contribution in [2.45, 2.75) is 31.8 Å². The summed E-state index contributed by atoms with van der Waals surface area (Å²) in [4.78, 5) is 35.9. The van der Waals surface area contributed by atoms with Crippen molar-refractivity contribution in [3.63, 3.8) is 0 Å². The van der Waals surface area contributed by atoms with E-state index in [9.17, 15) is 19.5 Å². The molecule has 0 unspecified atom stereocenters. The lowest BCUT2D eigenvalue weighted by Gasteiger charge is -2.15. The fraction of sp³-hybridized carbons (Fsp3) is 0.250. The highest BCUT2D eigenvalue weighted by atomic mass is 16.5. The summed E-state index contributed by atoms with van der Waals surface area (Å²) in [6.45, 7) is 1.08. The number of benzene rings is 3. The quantitative estimate of drug-likeness (QED) is 0.398. The number of carboxylic acid groups (broad SMARTS) is 1. The van der Waals surface area contributed by atoms with E-state index in [0.29, 0.717) is 35.8 Å². The number of nitrogens with two attached hydrogens (primary N) is 1. The molecule has 186 valence electrons. The number of primary amides is 1. The molecule has 3 aromatic carbocycles. The smallest absolute Gasteiger partial charge is 0.307 e. The number of rotatable bonds is 10. The number of aliphatic carboxylic acids is 1. The maximum atomic E-state index is 13.3. The van der Waals surface area contributed by atoms with Crippen LogP contribution in [0, 0.1) is 0 Å². The second-order valence-corrected chi connectivity index (χ2v) is 8.72. The molecule has 1 aliphatic rings. The molecule has 3 aromatic rings. The van der Waals surface area contributed by atoms with Crippen molar-refractivity contribution >= 4 is 23.5 Å². The number of carbonyl (C=O) groups is 3. The molecule has 8 nitrogen and oxygen atoms in total. The fourth-order valence-electron chi connectivity index (χ4n) is 4.16. The van der Waals surface area contributed by atoms with Crippen LogP contribution < -0.4 is 15.8 Å². The first kappa shape index (κ1) is 24.9. The van der Waals surface area contributed by atoms with Gasteiger partial charge >= 0.3 is 5.97 Å². The molecule has 0 radical (unpaired) electrons. The summed E-state index contributed by atoms with van der Waals surface area (Å²) >= 11 is 0. The number of nitrogens with one attached hydrogen (secondary N) is 1. The predicted octanol–water partition coefficient (Wildman–Crippen LogP) is 3.82. The Kier molecular flexibility index (Phi) is 7.97. The van der Waals surface area contributed by atoms with Gasteiger partial charge in [0.1, 0.15) is 12.4 Å². The number of hydrogen-bond acceptors (Lipinski definition) is 5. The van der Waals surface area contributed by atoms with Crippen LogP contribution in [0.4, 0.5) is 5.69 Å². The Morgan fingerprint density at radius 1 is 1.00 bits per heavy atom. The molecule has 4 rings (SSSR count). The molecule has 0 saturated carbocycles. The molecule has 0 aromatic heterocycles. The highest BCUT2D eigenvalue weighted by Crippen LogP contribution is 2.29. The average Bonchev–Trinajstić information content (AvgIpc) is 3.37. The fourth-order valence-corrected chi connectivity index (χ4v) is 4.16. The number of amides is 2. The highest BCUT2D eigenvalue weighted by Gasteiger charge is 2.18. The standard InChI is InChI=1S/C28H28N2O6/c29-26(31)12-18-5-3-7-19(11-18)21-13-22(15-24(14-21)36-17-23-8-4-10-35-23)28(34)30-25-9-2-1-6-20(25)16-27(32)33/h1-3,5-7,9,11,13-15,23H,4,8,10,12,16-17H2,(H2,29,31)(H,30,34)(H,32,33)/t23-/m0/s1. The average molecular weight is 489 g/mol. The maximum Gasteiger partial charge on any atom is 0.307 e. The van der Waals surface area contributed by atoms with Gasteiger partial charge in [0.2, 0.25) is 5.91 Å². The first-order chi connectivity index (χ1) is 17.4. The van der Waals surface area contributed by atoms with Crippen LogP contribution in [-0.4, -0.2) is 42.2 Å². The lowest BCUT2D eigenvalue weighted by Crippen LogP contribution is -2.17. The van der Waals surface area contributed by atoms with Gasteiger partial charge in [0.25, 0.3) is 5.91 Å². The molecule has 1 atom stereocenters. The van der Waals surface area contributed by atoms with E-state index in [-0.39, 0.29) is 18.9 Å². The van der Waals surface area contributed by atoms with Gasteiger partial charge in [-0.2, -0.15) is 0 Å². The first-order valence-corrected chi connectivity index (χ1v) is 11.8. The Morgan fingerprint density at radius 3 is 2.58 bits per heavy atom. The number of carbonyl (C=O) groups excluding carboxylic acids is 2. The number of hydrogen-bond donors (Lipinski definition) is 3. The SMILES string of the molecule is NC(=O)Cc1cccc(-c2cc(OC[C@@H]3CCCO3)cc(C(=O)Nc3ccccc3CC(=O)O)c2)c1. The van der Waals surface area contributed by atoms with E-state index in [2.05, 4.69) is 5.32 Å². The van der Waals surface area contributed by atoms with Crippen LogP contribution in [0.1, 0.15) is 34.3 Å². The van der Waals surface area contributed by atoms with Gasteiger partial charge in [0, 0.05) is 17.9 Å². The Labute approximate surface area is 209 Å². The van der Waals surface area contributed by atoms with Gasteiger partial charge in [-0.25, -0.2) is 0 Å². The van der Waals surface area contributed by atoms with Crippen molar-refractivity contribution in [1.82, 2.24) is 0 Å². The van der Waals surface area contributed by atoms with Gasteiger partial charge < -0.3 is 25.6 Å². The van der Waals surface area contributed by atoms with Gasteiger partial charge in [0.15, 0.2) is 0 Å². The number of anilines is 1. The summed E-state index contributed by atoms with van der Waals surface area (Å²) < 4.78 is 11.7. The zero-order chi connectivity index (χ0) is 25.5. The van der Waals surface area contributed by atoms with E-state index in [4.69, 9.17) is 15.2 Å². The number of para-hydroxylation sites is 1. The van der Waals surface area contributed by atoms with Crippen LogP contribution in [0.15, 0.2) is 66.7 Å². The topological polar surface area (TPSA) is 128 Å². The number of ether oxygens (including phenoxy) is 2. The van der Waals surface area contributed by atoms with Crippen molar-refractivity contribution in [1.29, 1.82) is 0 Å². The van der Waals surface area contributed by atoms with Crippen molar-refractivity contribution in [2.75, 3.05) is 18.5 Å². The molecule has 4 N–H and O–H groups in total. The molecule has 1 aliphatic heterocycles. The van der Waals surface area contributed by atoms with Crippen LogP contribution >= 0.6 is 0 Å². The van der Waals surface area contributed by atoms with E-state index >= 15 is 0 Å². The third kappa shape index (κ3) is 6.70. The number of carboxylic acids is 1. The maximum absolute atomic E-state index is 13.3. The summed E-state index contributed by atoms with van der Waals surface area (Å²) in [6.07, 6.45) is 1.82. The normalized spacial score (nSPS) is 14.8. The highest BCUT2D eigenvalue weighted by molar-refractivity contribution is 6.06. The lowest BCUT2D eigenvalue weighted by molar-refractivity contribution is -0.136. The van der Waals surface area contributed by atoms with E-state index in [1.165, 1.54) is 0 Å². The van der Waals surface area contributed by atoms with Crippen molar-refractivity contribution < 1.29 is 29.0 Å². The summed E-state index contributed by atoms with van der Waals surface area (Å²) in [5, 5.41) is 12.0. The Morgan fingerprint density at radius 2 is 1.83 bits per heavy atom. The van der Waals surface area contributed by atoms with Crippen molar-refractivity contribution in [2.24, 2.45) is 5.73 Å². The first-order valence-electron chi connectivity index (χ1n) is 11.8. The summed E-state index contributed by atoms with van der Waals surface area (Å²) in [5.41, 5.74) is 8.93. The van der Waals surface area contributed by atoms with Gasteiger partial charge in [0.05, 0.1) is 18.9 Å². The van der Waals surface area contributed by atoms with Gasteiger partial charge in [-0.05, 0) is 59.4 Å². The Hall–Kier alpha value is -4.17. The Bertz CT molecular complexity index is 1270. The minimum Gasteiger partial charge on any atom is -0.491 e. The summed E-state index contributed by atoms with van der Waals surface area (Å²) in [5.74, 6) is -1.31. The Balaban J connectivity index is 1.65. The van der Waals surface area contributed by atoms with Crippen LogP contribution in [-0.2, 0) is 27.2 Å². The largest absolute Gasteiger partial charge is 0.491 e. The van der Waals surface area contributed by atoms with Crippen LogP contribution in [0.3, 0.4) is 0 Å². The molecule has 36 heavy (non-hydrogen) atoms. The van der Waals surface area contributed by atoms with E-state index in [0.717, 1.165) is 29.5 Å².